The number of rotatable bonds is 0. The smallest absolute Gasteiger partial charge is 0 e. The molecular weight excluding hydrogens is 426 g/mol. The molecular formula is H5AlGdMgNiTb. The standard InChI is InChI=1S/Al.Gd.Mg.Ni.Tb.5H. The Kier molecular flexibility index (Phi) is 163. The minimum absolute atomic E-state index is 0. The van der Waals surface area contributed by atoms with Gasteiger partial charge in [0.05, 0.1) is 0 Å². The van der Waals surface area contributed by atoms with Crippen LogP contribution in [0.4, 0.5) is 0 Å². The van der Waals surface area contributed by atoms with E-state index in [1.165, 1.54) is 0 Å². The third-order valence-corrected chi connectivity index (χ3v) is 0. The first kappa shape index (κ1) is 34.2. The van der Waals surface area contributed by atoms with Gasteiger partial charge in [-0.1, -0.05) is 0 Å². The Labute approximate surface area is 132 Å². The first-order chi connectivity index (χ1) is 0. The van der Waals surface area contributed by atoms with Crippen LogP contribution in [0.2, 0.25) is 0 Å². The monoisotopic (exact) mass is 431 g/mol. The molecule has 0 fully saturated rings. The fourth-order valence-electron chi connectivity index (χ4n) is 0. The Bertz CT molecular complexity index is 11.6. The van der Waals surface area contributed by atoms with Gasteiger partial charge in [-0.05, 0) is 0 Å². The van der Waals surface area contributed by atoms with Crippen molar-refractivity contribution >= 4 is 40.4 Å². The average molecular weight is 431 g/mol. The van der Waals surface area contributed by atoms with Crippen LogP contribution in [0.3, 0.4) is 0 Å². The Hall–Kier alpha value is 4.40. The minimum Gasteiger partial charge on any atom is 0 e. The molecule has 0 aromatic rings. The van der Waals surface area contributed by atoms with Crippen LogP contribution < -0.4 is 0 Å². The first-order valence-corrected chi connectivity index (χ1v) is 0. The van der Waals surface area contributed by atoms with Gasteiger partial charge in [-0.25, -0.2) is 0 Å². The van der Waals surface area contributed by atoms with E-state index in [9.17, 15) is 0 Å². The van der Waals surface area contributed by atoms with E-state index < -0.39 is 0 Å². The molecule has 0 N–H and O–H groups in total. The molecule has 1 radical (unpaired) electrons. The third-order valence-electron chi connectivity index (χ3n) is 0. The molecule has 0 saturated heterocycles. The van der Waals surface area contributed by atoms with Gasteiger partial charge in [-0.15, -0.1) is 0 Å². The molecule has 0 saturated carbocycles. The van der Waals surface area contributed by atoms with E-state index in [1.54, 1.807) is 0 Å². The van der Waals surface area contributed by atoms with Crippen molar-refractivity contribution in [2.75, 3.05) is 0 Å². The molecule has 0 aliphatic rings. The summed E-state index contributed by atoms with van der Waals surface area (Å²) in [5.41, 5.74) is 0. The van der Waals surface area contributed by atoms with Gasteiger partial charge in [-0.2, -0.15) is 0 Å². The molecule has 0 heterocycles. The van der Waals surface area contributed by atoms with E-state index >= 15 is 0 Å². The van der Waals surface area contributed by atoms with E-state index in [1.807, 2.05) is 0 Å². The number of hydrogen-bond donors (Lipinski definition) is 0. The zero-order chi connectivity index (χ0) is 0. The van der Waals surface area contributed by atoms with Gasteiger partial charge in [0.25, 0.3) is 0 Å². The summed E-state index contributed by atoms with van der Waals surface area (Å²) in [6.07, 6.45) is 0. The molecule has 0 aromatic heterocycles. The van der Waals surface area contributed by atoms with Crippen LogP contribution in [0.25, 0.3) is 0 Å². The largest absolute Gasteiger partial charge is 0.316 e. The molecule has 37 valence electrons. The summed E-state index contributed by atoms with van der Waals surface area (Å²) in [6.45, 7) is 0. The van der Waals surface area contributed by atoms with Gasteiger partial charge in [-0.3, -0.25) is 0 Å². The van der Waals surface area contributed by atoms with Gasteiger partial charge in [0.15, 0.2) is 17.4 Å². The molecule has 5 heavy (non-hydrogen) atoms. The summed E-state index contributed by atoms with van der Waals surface area (Å²) in [5.74, 6) is 0. The van der Waals surface area contributed by atoms with E-state index in [0.717, 1.165) is 0 Å². The average Bonchev–Trinajstić information content (AvgIpc) is 0. The second-order valence-electron chi connectivity index (χ2n) is 0. The third kappa shape index (κ3) is 17.8. The minimum atomic E-state index is 0. The quantitative estimate of drug-likeness (QED) is 0.386. The summed E-state index contributed by atoms with van der Waals surface area (Å²) in [7, 11) is 0. The van der Waals surface area contributed by atoms with Crippen molar-refractivity contribution in [3.63, 3.8) is 0 Å². The van der Waals surface area contributed by atoms with Crippen LogP contribution in [-0.2, 0) is 16.5 Å². The molecule has 0 nitrogen and oxygen atoms in total. The van der Waals surface area contributed by atoms with Crippen LogP contribution in [0, 0.1) is 78.6 Å². The maximum Gasteiger partial charge on any atom is 0.316 e. The van der Waals surface area contributed by atoms with Gasteiger partial charge in [0, 0.05) is 95.0 Å². The summed E-state index contributed by atoms with van der Waals surface area (Å²) >= 11 is 0. The van der Waals surface area contributed by atoms with E-state index in [4.69, 9.17) is 0 Å². The Morgan fingerprint density at radius 2 is 1.00 bits per heavy atom. The van der Waals surface area contributed by atoms with E-state index in [0.29, 0.717) is 0 Å². The molecule has 5 heteroatoms. The molecule has 0 amide bonds. The summed E-state index contributed by atoms with van der Waals surface area (Å²) in [6, 6.07) is 0. The van der Waals surface area contributed by atoms with Crippen molar-refractivity contribution in [3.05, 3.63) is 0 Å². The topological polar surface area (TPSA) is 0 Å². The van der Waals surface area contributed by atoms with Crippen LogP contribution in [-0.4, -0.2) is 40.4 Å². The van der Waals surface area contributed by atoms with Gasteiger partial charge < -0.3 is 0 Å². The molecule has 0 aliphatic carbocycles. The summed E-state index contributed by atoms with van der Waals surface area (Å²) in [4.78, 5) is 0. The predicted molar refractivity (Wildman–Crippen MR) is 18.5 cm³/mol. The van der Waals surface area contributed by atoms with Crippen molar-refractivity contribution in [2.45, 2.75) is 0 Å². The zero-order valence-electron chi connectivity index (χ0n) is 1.00. The zero-order valence-corrected chi connectivity index (χ0v) is 6.40. The normalized spacial score (nSPS) is 0. The maximum atomic E-state index is 0. The van der Waals surface area contributed by atoms with Crippen molar-refractivity contribution in [1.29, 1.82) is 0 Å². The maximum absolute atomic E-state index is 0. The number of hydrogen-bond acceptors (Lipinski definition) is 0. The predicted octanol–water partition coefficient (Wildman–Crippen LogP) is -2.10. The van der Waals surface area contributed by atoms with Gasteiger partial charge >= 0.3 is 23.1 Å². The van der Waals surface area contributed by atoms with Crippen LogP contribution in [0.1, 0.15) is 0 Å². The molecule has 0 aliphatic heterocycles. The Balaban J connectivity index is 0. The van der Waals surface area contributed by atoms with E-state index in [-0.39, 0.29) is 135 Å². The Morgan fingerprint density at radius 3 is 1.00 bits per heavy atom. The molecule has 0 unspecified atom stereocenters. The second-order valence-corrected chi connectivity index (χ2v) is 0. The van der Waals surface area contributed by atoms with Gasteiger partial charge in [0.2, 0.25) is 0 Å². The van der Waals surface area contributed by atoms with Crippen molar-refractivity contribution in [1.82, 2.24) is 0 Å². The van der Waals surface area contributed by atoms with Gasteiger partial charge in [0.1, 0.15) is 0 Å². The fraction of sp³-hybridized carbons (Fsp3) is 0. The molecule has 0 rings (SSSR count). The molecule has 0 spiro atoms. The van der Waals surface area contributed by atoms with Crippen molar-refractivity contribution in [3.8, 4) is 0 Å². The fourth-order valence-corrected chi connectivity index (χ4v) is 0. The second kappa shape index (κ2) is 23.8. The summed E-state index contributed by atoms with van der Waals surface area (Å²) in [5, 5.41) is 0. The molecule has 0 aromatic carbocycles. The van der Waals surface area contributed by atoms with Crippen LogP contribution in [0.15, 0.2) is 0 Å². The SMILES string of the molecule is [AlH3].[Gd].[MgH2].[Ni].[Tb]. The van der Waals surface area contributed by atoms with Crippen molar-refractivity contribution in [2.24, 2.45) is 0 Å². The van der Waals surface area contributed by atoms with Crippen LogP contribution >= 0.6 is 0 Å². The first-order valence-electron chi connectivity index (χ1n) is 0. The van der Waals surface area contributed by atoms with Crippen molar-refractivity contribution < 1.29 is 95.0 Å². The van der Waals surface area contributed by atoms with Crippen LogP contribution in [0.5, 0.6) is 0 Å². The Morgan fingerprint density at radius 1 is 1.00 bits per heavy atom. The molecule has 0 bridgehead atoms. The molecule has 0 atom stereocenters. The summed E-state index contributed by atoms with van der Waals surface area (Å²) < 4.78 is 0. The van der Waals surface area contributed by atoms with E-state index in [2.05, 4.69) is 0 Å².